The molecule has 0 heterocycles. The van der Waals surface area contributed by atoms with E-state index < -0.39 is 17.5 Å². The Balaban J connectivity index is 3.21. The second-order valence-corrected chi connectivity index (χ2v) is 5.95. The van der Waals surface area contributed by atoms with Gasteiger partial charge in [-0.1, -0.05) is 31.9 Å². The predicted octanol–water partition coefficient (Wildman–Crippen LogP) is 4.34. The largest absolute Gasteiger partial charge is 0.478 e. The Morgan fingerprint density at radius 3 is 2.33 bits per heavy atom. The Hall–Kier alpha value is -1.55. The topological polar surface area (TPSA) is 63.6 Å². The van der Waals surface area contributed by atoms with Crippen LogP contribution in [0.1, 0.15) is 66.8 Å². The van der Waals surface area contributed by atoms with Gasteiger partial charge in [-0.3, -0.25) is 0 Å². The van der Waals surface area contributed by atoms with Gasteiger partial charge in [0.25, 0.3) is 0 Å². The Bertz CT molecular complexity index is 549. The van der Waals surface area contributed by atoms with Crippen molar-refractivity contribution >= 4 is 23.5 Å². The van der Waals surface area contributed by atoms with E-state index in [4.69, 9.17) is 16.3 Å². The van der Waals surface area contributed by atoms with Crippen molar-refractivity contribution in [2.45, 2.75) is 52.6 Å². The molecule has 1 aromatic rings. The molecule has 0 bridgehead atoms. The normalized spacial score (nSPS) is 11.3. The maximum absolute atomic E-state index is 12.3. The first kappa shape index (κ1) is 17.5. The van der Waals surface area contributed by atoms with E-state index in [9.17, 15) is 14.7 Å². The molecule has 0 saturated heterocycles. The van der Waals surface area contributed by atoms with Crippen LogP contribution in [0.25, 0.3) is 0 Å². The minimum Gasteiger partial charge on any atom is -0.478 e. The minimum absolute atomic E-state index is 0.0490. The lowest BCUT2D eigenvalue weighted by atomic mass is 10.0. The van der Waals surface area contributed by atoms with Gasteiger partial charge in [0.05, 0.1) is 11.1 Å². The molecule has 0 aliphatic carbocycles. The van der Waals surface area contributed by atoms with E-state index in [1.807, 2.05) is 27.7 Å². The van der Waals surface area contributed by atoms with Crippen molar-refractivity contribution in [2.75, 3.05) is 0 Å². The fourth-order valence-electron chi connectivity index (χ4n) is 2.19. The zero-order valence-corrected chi connectivity index (χ0v) is 13.6. The maximum atomic E-state index is 12.3. The van der Waals surface area contributed by atoms with E-state index in [-0.39, 0.29) is 11.1 Å². The van der Waals surface area contributed by atoms with Gasteiger partial charge in [0.2, 0.25) is 0 Å². The third-order valence-electron chi connectivity index (χ3n) is 3.24. The zero-order valence-electron chi connectivity index (χ0n) is 12.8. The molecule has 0 saturated carbocycles. The summed E-state index contributed by atoms with van der Waals surface area (Å²) in [7, 11) is 0. The summed E-state index contributed by atoms with van der Waals surface area (Å²) in [4.78, 5) is 23.6. The number of aryl methyl sites for hydroxylation is 1. The van der Waals surface area contributed by atoms with E-state index in [1.165, 1.54) is 12.1 Å². The third kappa shape index (κ3) is 4.46. The smallest absolute Gasteiger partial charge is 0.339 e. The zero-order chi connectivity index (χ0) is 16.2. The van der Waals surface area contributed by atoms with Crippen molar-refractivity contribution in [3.05, 3.63) is 33.8 Å². The first-order chi connectivity index (χ1) is 9.71. The Morgan fingerprint density at radius 1 is 1.24 bits per heavy atom. The number of halogens is 1. The Kier molecular flexibility index (Phi) is 5.78. The second kappa shape index (κ2) is 6.94. The number of carboxylic acids is 1. The van der Waals surface area contributed by atoms with E-state index >= 15 is 0 Å². The molecule has 0 aliphatic heterocycles. The fourth-order valence-corrected chi connectivity index (χ4v) is 2.49. The molecule has 21 heavy (non-hydrogen) atoms. The lowest BCUT2D eigenvalue weighted by Crippen LogP contribution is -2.28. The molecule has 0 aromatic heterocycles. The van der Waals surface area contributed by atoms with Gasteiger partial charge >= 0.3 is 11.9 Å². The van der Waals surface area contributed by atoms with Gasteiger partial charge in [0, 0.05) is 5.02 Å². The minimum atomic E-state index is -1.19. The monoisotopic (exact) mass is 312 g/mol. The van der Waals surface area contributed by atoms with Crippen LogP contribution in [0.3, 0.4) is 0 Å². The molecular weight excluding hydrogens is 292 g/mol. The molecule has 116 valence electrons. The summed E-state index contributed by atoms with van der Waals surface area (Å²) in [5, 5.41) is 9.58. The highest BCUT2D eigenvalue weighted by Crippen LogP contribution is 2.25. The average molecular weight is 313 g/mol. The van der Waals surface area contributed by atoms with Crippen molar-refractivity contribution in [1.82, 2.24) is 0 Å². The highest BCUT2D eigenvalue weighted by Gasteiger charge is 2.26. The molecule has 0 amide bonds. The lowest BCUT2D eigenvalue weighted by molar-refractivity contribution is -0.00502. The van der Waals surface area contributed by atoms with Crippen LogP contribution in [0.15, 0.2) is 12.1 Å². The summed E-state index contributed by atoms with van der Waals surface area (Å²) in [5.41, 5.74) is 0.0116. The molecule has 0 spiro atoms. The third-order valence-corrected chi connectivity index (χ3v) is 3.59. The molecule has 4 nitrogen and oxygen atoms in total. The van der Waals surface area contributed by atoms with Crippen molar-refractivity contribution in [3.63, 3.8) is 0 Å². The van der Waals surface area contributed by atoms with Crippen LogP contribution in [0, 0.1) is 0 Å². The Labute approximate surface area is 130 Å². The van der Waals surface area contributed by atoms with Gasteiger partial charge in [-0.15, -0.1) is 0 Å². The van der Waals surface area contributed by atoms with Gasteiger partial charge in [0.15, 0.2) is 0 Å². The highest BCUT2D eigenvalue weighted by molar-refractivity contribution is 6.32. The van der Waals surface area contributed by atoms with Gasteiger partial charge in [-0.25, -0.2) is 9.59 Å². The first-order valence-electron chi connectivity index (χ1n) is 7.01. The van der Waals surface area contributed by atoms with Crippen molar-refractivity contribution in [3.8, 4) is 0 Å². The fraction of sp³-hybridized carbons (Fsp3) is 0.500. The van der Waals surface area contributed by atoms with Crippen LogP contribution in [-0.4, -0.2) is 22.6 Å². The average Bonchev–Trinajstić information content (AvgIpc) is 2.37. The van der Waals surface area contributed by atoms with Crippen LogP contribution >= 0.6 is 11.6 Å². The molecule has 1 N–H and O–H groups in total. The number of hydrogen-bond acceptors (Lipinski definition) is 3. The van der Waals surface area contributed by atoms with Crippen molar-refractivity contribution in [2.24, 2.45) is 0 Å². The molecule has 5 heteroatoms. The molecule has 0 radical (unpaired) electrons. The summed E-state index contributed by atoms with van der Waals surface area (Å²) in [6.07, 6.45) is 2.18. The summed E-state index contributed by atoms with van der Waals surface area (Å²) in [6, 6.07) is 2.82. The molecular formula is C16H21ClO4. The number of rotatable bonds is 6. The molecule has 0 unspecified atom stereocenters. The van der Waals surface area contributed by atoms with E-state index in [1.54, 1.807) is 0 Å². The van der Waals surface area contributed by atoms with Gasteiger partial charge < -0.3 is 9.84 Å². The molecule has 1 aromatic carbocycles. The number of carboxylic acid groups (broad SMARTS) is 1. The van der Waals surface area contributed by atoms with Crippen LogP contribution < -0.4 is 0 Å². The predicted molar refractivity (Wildman–Crippen MR) is 82.2 cm³/mol. The number of carbonyl (C=O) groups is 2. The summed E-state index contributed by atoms with van der Waals surface area (Å²) in [6.45, 7) is 7.50. The number of esters is 1. The molecule has 0 atom stereocenters. The van der Waals surface area contributed by atoms with Crippen molar-refractivity contribution in [1.29, 1.82) is 0 Å². The van der Waals surface area contributed by atoms with Gasteiger partial charge in [-0.05, 0) is 44.4 Å². The van der Waals surface area contributed by atoms with Crippen LogP contribution in [0.4, 0.5) is 0 Å². The van der Waals surface area contributed by atoms with E-state index in [2.05, 4.69) is 0 Å². The van der Waals surface area contributed by atoms with Crippen LogP contribution in [0.5, 0.6) is 0 Å². The van der Waals surface area contributed by atoms with Crippen molar-refractivity contribution < 1.29 is 19.4 Å². The summed E-state index contributed by atoms with van der Waals surface area (Å²) < 4.78 is 5.45. The molecule has 0 aliphatic rings. The summed E-state index contributed by atoms with van der Waals surface area (Å²) >= 11 is 6.02. The van der Waals surface area contributed by atoms with Gasteiger partial charge in [-0.2, -0.15) is 0 Å². The van der Waals surface area contributed by atoms with E-state index in [0.717, 1.165) is 12.0 Å². The van der Waals surface area contributed by atoms with E-state index in [0.29, 0.717) is 17.9 Å². The number of benzene rings is 1. The lowest BCUT2D eigenvalue weighted by Gasteiger charge is -2.25. The number of aromatic carboxylic acids is 1. The number of carbonyl (C=O) groups excluding carboxylic acids is 1. The maximum Gasteiger partial charge on any atom is 0.339 e. The first-order valence-corrected chi connectivity index (χ1v) is 7.38. The SMILES string of the molecule is CCCC(C)(C)OC(=O)c1cc(CC)c(Cl)cc1C(=O)O. The second-order valence-electron chi connectivity index (χ2n) is 5.55. The highest BCUT2D eigenvalue weighted by atomic mass is 35.5. The molecule has 0 fully saturated rings. The standard InChI is InChI=1S/C16H21ClO4/c1-5-7-16(3,4)21-15(20)12-8-10(6-2)13(17)9-11(12)14(18)19/h8-9H,5-7H2,1-4H3,(H,18,19). The van der Waals surface area contributed by atoms with Gasteiger partial charge in [0.1, 0.15) is 5.60 Å². The number of ether oxygens (including phenoxy) is 1. The van der Waals surface area contributed by atoms with Crippen LogP contribution in [0.2, 0.25) is 5.02 Å². The Morgan fingerprint density at radius 2 is 1.86 bits per heavy atom. The van der Waals surface area contributed by atoms with Crippen LogP contribution in [-0.2, 0) is 11.2 Å². The molecule has 1 rings (SSSR count). The number of hydrogen-bond donors (Lipinski definition) is 1. The quantitative estimate of drug-likeness (QED) is 0.794. The summed E-state index contributed by atoms with van der Waals surface area (Å²) in [5.74, 6) is -1.82.